The minimum absolute atomic E-state index is 0.252. The van der Waals surface area contributed by atoms with E-state index in [-0.39, 0.29) is 12.1 Å². The van der Waals surface area contributed by atoms with Crippen molar-refractivity contribution in [3.63, 3.8) is 0 Å². The Bertz CT molecular complexity index is 563. The number of fused-ring (bicyclic) bond motifs is 1. The van der Waals surface area contributed by atoms with E-state index in [1.807, 2.05) is 18.2 Å². The lowest BCUT2D eigenvalue weighted by atomic mass is 10.1. The van der Waals surface area contributed by atoms with Gasteiger partial charge in [0, 0.05) is 19.6 Å². The Balaban J connectivity index is 2.02. The third kappa shape index (κ3) is 4.02. The van der Waals surface area contributed by atoms with Crippen molar-refractivity contribution in [2.45, 2.75) is 38.6 Å². The molecule has 22 heavy (non-hydrogen) atoms. The zero-order valence-electron chi connectivity index (χ0n) is 13.4. The molecule has 1 atom stereocenters. The number of ether oxygens (including phenoxy) is 1. The average Bonchev–Trinajstić information content (AvgIpc) is 2.92. The molecule has 0 aliphatic heterocycles. The number of benzene rings is 1. The van der Waals surface area contributed by atoms with Gasteiger partial charge in [0.05, 0.1) is 6.54 Å². The van der Waals surface area contributed by atoms with E-state index >= 15 is 0 Å². The Morgan fingerprint density at radius 3 is 3.09 bits per heavy atom. The quantitative estimate of drug-likeness (QED) is 0.821. The summed E-state index contributed by atoms with van der Waals surface area (Å²) >= 11 is 0. The smallest absolute Gasteiger partial charge is 0.410 e. The van der Waals surface area contributed by atoms with E-state index in [1.54, 1.807) is 11.9 Å². The number of unbranched alkanes of at least 4 members (excludes halogenated alkanes) is 1. The summed E-state index contributed by atoms with van der Waals surface area (Å²) in [4.78, 5) is 13.6. The van der Waals surface area contributed by atoms with E-state index in [0.29, 0.717) is 18.8 Å². The van der Waals surface area contributed by atoms with E-state index in [9.17, 15) is 4.79 Å². The van der Waals surface area contributed by atoms with Crippen molar-refractivity contribution >= 4 is 6.09 Å². The molecule has 0 saturated carbocycles. The van der Waals surface area contributed by atoms with E-state index < -0.39 is 0 Å². The van der Waals surface area contributed by atoms with Gasteiger partial charge in [0.15, 0.2) is 0 Å². The first-order valence-electron chi connectivity index (χ1n) is 7.88. The maximum atomic E-state index is 12.0. The molecule has 1 aliphatic rings. The maximum absolute atomic E-state index is 12.0. The van der Waals surface area contributed by atoms with Crippen molar-refractivity contribution in [3.05, 3.63) is 29.3 Å². The zero-order valence-corrected chi connectivity index (χ0v) is 13.4. The van der Waals surface area contributed by atoms with Crippen LogP contribution in [0.25, 0.3) is 0 Å². The number of aryl methyl sites for hydroxylation is 1. The summed E-state index contributed by atoms with van der Waals surface area (Å²) in [5, 5.41) is 3.33. The number of nitrogens with one attached hydrogen (secondary N) is 1. The van der Waals surface area contributed by atoms with Gasteiger partial charge in [-0.25, -0.2) is 4.79 Å². The fourth-order valence-corrected chi connectivity index (χ4v) is 2.70. The van der Waals surface area contributed by atoms with Crippen molar-refractivity contribution in [1.82, 2.24) is 10.2 Å². The summed E-state index contributed by atoms with van der Waals surface area (Å²) < 4.78 is 5.47. The highest BCUT2D eigenvalue weighted by molar-refractivity contribution is 5.70. The van der Waals surface area contributed by atoms with Gasteiger partial charge >= 0.3 is 6.09 Å². The molecule has 1 aliphatic carbocycles. The minimum atomic E-state index is -0.306. The van der Waals surface area contributed by atoms with Crippen molar-refractivity contribution in [2.24, 2.45) is 0 Å². The van der Waals surface area contributed by atoms with Gasteiger partial charge in [0.2, 0.25) is 0 Å². The van der Waals surface area contributed by atoms with E-state index in [4.69, 9.17) is 11.2 Å². The van der Waals surface area contributed by atoms with Crippen LogP contribution in [0.3, 0.4) is 0 Å². The highest BCUT2D eigenvalue weighted by Gasteiger charge is 2.23. The Labute approximate surface area is 132 Å². The summed E-state index contributed by atoms with van der Waals surface area (Å²) in [5.41, 5.74) is 2.49. The van der Waals surface area contributed by atoms with Crippen LogP contribution in [-0.4, -0.2) is 31.1 Å². The third-order valence-corrected chi connectivity index (χ3v) is 4.01. The second-order valence-corrected chi connectivity index (χ2v) is 5.68. The Morgan fingerprint density at radius 1 is 1.55 bits per heavy atom. The molecule has 0 aromatic heterocycles. The molecular weight excluding hydrogens is 276 g/mol. The molecule has 4 nitrogen and oxygen atoms in total. The molecule has 0 saturated heterocycles. The molecule has 1 N–H and O–H groups in total. The summed E-state index contributed by atoms with van der Waals surface area (Å²) in [6.07, 6.45) is 9.10. The molecule has 0 spiro atoms. The molecule has 0 heterocycles. The van der Waals surface area contributed by atoms with Crippen LogP contribution in [0.5, 0.6) is 5.75 Å². The Kier molecular flexibility index (Phi) is 5.85. The first kappa shape index (κ1) is 16.4. The first-order chi connectivity index (χ1) is 10.7. The highest BCUT2D eigenvalue weighted by Crippen LogP contribution is 2.33. The van der Waals surface area contributed by atoms with Crippen LogP contribution >= 0.6 is 0 Å². The van der Waals surface area contributed by atoms with Crippen LogP contribution in [0.1, 0.15) is 43.4 Å². The molecule has 1 aromatic carbocycles. The van der Waals surface area contributed by atoms with Gasteiger partial charge in [-0.05, 0) is 42.5 Å². The van der Waals surface area contributed by atoms with Gasteiger partial charge in [0.1, 0.15) is 5.75 Å². The lowest BCUT2D eigenvalue weighted by molar-refractivity contribution is 0.162. The molecule has 1 amide bonds. The van der Waals surface area contributed by atoms with Gasteiger partial charge in [-0.2, -0.15) is 0 Å². The molecule has 0 radical (unpaired) electrons. The van der Waals surface area contributed by atoms with Crippen molar-refractivity contribution in [3.8, 4) is 18.1 Å². The van der Waals surface area contributed by atoms with Crippen molar-refractivity contribution in [2.75, 3.05) is 20.1 Å². The zero-order chi connectivity index (χ0) is 15.9. The van der Waals surface area contributed by atoms with Gasteiger partial charge in [-0.1, -0.05) is 25.3 Å². The molecule has 4 heteroatoms. The van der Waals surface area contributed by atoms with Crippen LogP contribution < -0.4 is 10.1 Å². The van der Waals surface area contributed by atoms with Crippen LogP contribution in [0.15, 0.2) is 18.2 Å². The summed E-state index contributed by atoms with van der Waals surface area (Å²) in [5.74, 6) is 3.20. The fraction of sp³-hybridized carbons (Fsp3) is 0.500. The predicted molar refractivity (Wildman–Crippen MR) is 87.9 cm³/mol. The lowest BCUT2D eigenvalue weighted by Gasteiger charge is -2.17. The molecule has 0 unspecified atom stereocenters. The number of carbonyl (C=O) groups is 1. The summed E-state index contributed by atoms with van der Waals surface area (Å²) in [6, 6.07) is 6.12. The molecule has 118 valence electrons. The van der Waals surface area contributed by atoms with Crippen LogP contribution in [0.2, 0.25) is 0 Å². The monoisotopic (exact) mass is 300 g/mol. The largest absolute Gasteiger partial charge is 0.414 e. The van der Waals surface area contributed by atoms with E-state index in [1.165, 1.54) is 11.1 Å². The molecule has 0 fully saturated rings. The second kappa shape index (κ2) is 7.86. The normalized spacial score (nSPS) is 16.0. The van der Waals surface area contributed by atoms with Gasteiger partial charge < -0.3 is 9.64 Å². The lowest BCUT2D eigenvalue weighted by Crippen LogP contribution is -2.30. The topological polar surface area (TPSA) is 41.6 Å². The Hall–Kier alpha value is -1.99. The highest BCUT2D eigenvalue weighted by atomic mass is 16.6. The van der Waals surface area contributed by atoms with Gasteiger partial charge in [-0.3, -0.25) is 5.32 Å². The SMILES string of the molecule is C#CCN[C@@H]1CCc2ccc(OC(=O)N(C)CCCC)cc21. The van der Waals surface area contributed by atoms with E-state index in [0.717, 1.165) is 25.7 Å². The molecule has 1 aromatic rings. The van der Waals surface area contributed by atoms with Crippen molar-refractivity contribution < 1.29 is 9.53 Å². The third-order valence-electron chi connectivity index (χ3n) is 4.01. The number of carbonyl (C=O) groups excluding carboxylic acids is 1. The van der Waals surface area contributed by atoms with Gasteiger partial charge in [0.25, 0.3) is 0 Å². The molecule has 2 rings (SSSR count). The first-order valence-corrected chi connectivity index (χ1v) is 7.88. The second-order valence-electron chi connectivity index (χ2n) is 5.68. The summed E-state index contributed by atoms with van der Waals surface area (Å²) in [6.45, 7) is 3.36. The number of nitrogens with zero attached hydrogens (tertiary/aromatic N) is 1. The van der Waals surface area contributed by atoms with Crippen molar-refractivity contribution in [1.29, 1.82) is 0 Å². The van der Waals surface area contributed by atoms with Crippen LogP contribution in [0, 0.1) is 12.3 Å². The van der Waals surface area contributed by atoms with E-state index in [2.05, 4.69) is 18.2 Å². The molecular formula is C18H24N2O2. The predicted octanol–water partition coefficient (Wildman–Crippen LogP) is 3.13. The standard InChI is InChI=1S/C18H24N2O2/c1-4-6-12-20(3)18(21)22-15-9-7-14-8-10-17(16(14)13-15)19-11-5-2/h2,7,9,13,17,19H,4,6,8,10-12H2,1,3H3/t17-/m1/s1. The summed E-state index contributed by atoms with van der Waals surface area (Å²) in [7, 11) is 1.77. The van der Waals surface area contributed by atoms with Gasteiger partial charge in [-0.15, -0.1) is 6.42 Å². The minimum Gasteiger partial charge on any atom is -0.410 e. The number of hydrogen-bond donors (Lipinski definition) is 1. The number of amides is 1. The fourth-order valence-electron chi connectivity index (χ4n) is 2.70. The van der Waals surface area contributed by atoms with Crippen LogP contribution in [-0.2, 0) is 6.42 Å². The van der Waals surface area contributed by atoms with Crippen LogP contribution in [0.4, 0.5) is 4.79 Å². The number of hydrogen-bond acceptors (Lipinski definition) is 3. The maximum Gasteiger partial charge on any atom is 0.414 e. The Morgan fingerprint density at radius 2 is 2.36 bits per heavy atom. The number of terminal acetylenes is 1. The molecule has 0 bridgehead atoms. The number of rotatable bonds is 6. The average molecular weight is 300 g/mol.